The Morgan fingerprint density at radius 2 is 1.89 bits per heavy atom. The van der Waals surface area contributed by atoms with Crippen LogP contribution in [0.5, 0.6) is 0 Å². The van der Waals surface area contributed by atoms with E-state index >= 15 is 0 Å². The van der Waals surface area contributed by atoms with Gasteiger partial charge in [0, 0.05) is 16.7 Å². The highest BCUT2D eigenvalue weighted by molar-refractivity contribution is 9.10. The largest absolute Gasteiger partial charge is 0.399 e. The lowest BCUT2D eigenvalue weighted by Crippen LogP contribution is -2.16. The van der Waals surface area contributed by atoms with Crippen LogP contribution in [0.2, 0.25) is 0 Å². The minimum absolute atomic E-state index is 0.832. The Morgan fingerprint density at radius 1 is 1.06 bits per heavy atom. The van der Waals surface area contributed by atoms with Crippen molar-refractivity contribution in [3.05, 3.63) is 64.1 Å². The molecule has 0 amide bonds. The third kappa shape index (κ3) is 3.86. The molecule has 0 saturated heterocycles. The number of halogens is 1. The first-order valence-corrected chi connectivity index (χ1v) is 6.83. The summed E-state index contributed by atoms with van der Waals surface area (Å²) in [5.41, 5.74) is 9.13. The van der Waals surface area contributed by atoms with Crippen LogP contribution in [-0.4, -0.2) is 6.54 Å². The molecule has 0 aliphatic rings. The Labute approximate surface area is 116 Å². The van der Waals surface area contributed by atoms with Crippen LogP contribution in [0.4, 0.5) is 5.69 Å². The van der Waals surface area contributed by atoms with Crippen molar-refractivity contribution in [3.63, 3.8) is 0 Å². The van der Waals surface area contributed by atoms with Gasteiger partial charge in [0.05, 0.1) is 0 Å². The van der Waals surface area contributed by atoms with Gasteiger partial charge in [0.1, 0.15) is 0 Å². The molecule has 2 aromatic carbocycles. The zero-order valence-electron chi connectivity index (χ0n) is 10.2. The number of nitrogen functional groups attached to an aromatic ring is 1. The quantitative estimate of drug-likeness (QED) is 0.656. The number of rotatable bonds is 5. The second-order valence-electron chi connectivity index (χ2n) is 4.26. The average Bonchev–Trinajstić information content (AvgIpc) is 2.37. The minimum Gasteiger partial charge on any atom is -0.399 e. The number of hydrogen-bond acceptors (Lipinski definition) is 2. The van der Waals surface area contributed by atoms with Crippen LogP contribution in [0.15, 0.2) is 53.0 Å². The molecule has 0 atom stereocenters. The Morgan fingerprint density at radius 3 is 2.67 bits per heavy atom. The molecule has 3 N–H and O–H groups in total. The second kappa shape index (κ2) is 6.57. The van der Waals surface area contributed by atoms with Crippen LogP contribution in [0.25, 0.3) is 0 Å². The van der Waals surface area contributed by atoms with Crippen LogP contribution < -0.4 is 11.1 Å². The molecule has 0 bridgehead atoms. The fraction of sp³-hybridized carbons (Fsp3) is 0.200. The second-order valence-corrected chi connectivity index (χ2v) is 5.12. The Balaban J connectivity index is 1.78. The van der Waals surface area contributed by atoms with E-state index in [1.54, 1.807) is 0 Å². The van der Waals surface area contributed by atoms with Crippen molar-refractivity contribution >= 4 is 21.6 Å². The first kappa shape index (κ1) is 13.1. The zero-order valence-corrected chi connectivity index (χ0v) is 11.8. The van der Waals surface area contributed by atoms with Gasteiger partial charge in [-0.1, -0.05) is 46.3 Å². The lowest BCUT2D eigenvalue weighted by atomic mass is 10.1. The molecule has 0 aliphatic heterocycles. The first-order chi connectivity index (χ1) is 8.75. The summed E-state index contributed by atoms with van der Waals surface area (Å²) in [4.78, 5) is 0. The highest BCUT2D eigenvalue weighted by Gasteiger charge is 1.98. The lowest BCUT2D eigenvalue weighted by molar-refractivity contribution is 0.685. The maximum absolute atomic E-state index is 5.75. The molecule has 2 aromatic rings. The van der Waals surface area contributed by atoms with Gasteiger partial charge < -0.3 is 11.1 Å². The van der Waals surface area contributed by atoms with E-state index in [-0.39, 0.29) is 0 Å². The van der Waals surface area contributed by atoms with Crippen LogP contribution in [0.3, 0.4) is 0 Å². The van der Waals surface area contributed by atoms with Gasteiger partial charge in [-0.2, -0.15) is 0 Å². The first-order valence-electron chi connectivity index (χ1n) is 6.04. The number of hydrogen-bond donors (Lipinski definition) is 2. The molecular weight excluding hydrogens is 288 g/mol. The van der Waals surface area contributed by atoms with E-state index in [1.165, 1.54) is 11.1 Å². The van der Waals surface area contributed by atoms with Gasteiger partial charge in [0.25, 0.3) is 0 Å². The van der Waals surface area contributed by atoms with Crippen LogP contribution >= 0.6 is 15.9 Å². The molecule has 2 rings (SSSR count). The highest BCUT2D eigenvalue weighted by Crippen LogP contribution is 2.15. The predicted molar refractivity (Wildman–Crippen MR) is 80.4 cm³/mol. The molecule has 18 heavy (non-hydrogen) atoms. The summed E-state index contributed by atoms with van der Waals surface area (Å²) in [6.07, 6.45) is 0.996. The summed E-state index contributed by atoms with van der Waals surface area (Å²) in [5, 5.41) is 3.44. The van der Waals surface area contributed by atoms with Crippen LogP contribution in [0, 0.1) is 0 Å². The molecule has 0 aliphatic carbocycles. The molecule has 0 radical (unpaired) electrons. The SMILES string of the molecule is Nc1cccc(CCNCc2ccccc2Br)c1. The monoisotopic (exact) mass is 304 g/mol. The van der Waals surface area contributed by atoms with Gasteiger partial charge in [-0.25, -0.2) is 0 Å². The number of benzene rings is 2. The van der Waals surface area contributed by atoms with Gasteiger partial charge in [-0.05, 0) is 42.3 Å². The molecule has 0 unspecified atom stereocenters. The van der Waals surface area contributed by atoms with Crippen molar-refractivity contribution in [1.29, 1.82) is 0 Å². The molecule has 3 heteroatoms. The third-order valence-corrected chi connectivity index (χ3v) is 3.59. The van der Waals surface area contributed by atoms with Crippen molar-refractivity contribution in [1.82, 2.24) is 5.32 Å². The van der Waals surface area contributed by atoms with Gasteiger partial charge in [0.15, 0.2) is 0 Å². The van der Waals surface area contributed by atoms with E-state index < -0.39 is 0 Å². The molecule has 0 heterocycles. The molecule has 0 spiro atoms. The molecule has 94 valence electrons. The van der Waals surface area contributed by atoms with Crippen LogP contribution in [-0.2, 0) is 13.0 Å². The van der Waals surface area contributed by atoms with Crippen molar-refractivity contribution in [2.24, 2.45) is 0 Å². The zero-order chi connectivity index (χ0) is 12.8. The van der Waals surface area contributed by atoms with Crippen molar-refractivity contribution in [3.8, 4) is 0 Å². The van der Waals surface area contributed by atoms with Crippen molar-refractivity contribution in [2.75, 3.05) is 12.3 Å². The van der Waals surface area contributed by atoms with Gasteiger partial charge in [-0.3, -0.25) is 0 Å². The predicted octanol–water partition coefficient (Wildman–Crippen LogP) is 3.36. The maximum atomic E-state index is 5.75. The Hall–Kier alpha value is -1.32. The average molecular weight is 305 g/mol. The molecule has 0 saturated carbocycles. The van der Waals surface area contributed by atoms with Crippen molar-refractivity contribution < 1.29 is 0 Å². The minimum atomic E-state index is 0.832. The fourth-order valence-corrected chi connectivity index (χ4v) is 2.27. The van der Waals surface area contributed by atoms with Crippen LogP contribution in [0.1, 0.15) is 11.1 Å². The van der Waals surface area contributed by atoms with Gasteiger partial charge >= 0.3 is 0 Å². The highest BCUT2D eigenvalue weighted by atomic mass is 79.9. The van der Waals surface area contributed by atoms with E-state index in [0.29, 0.717) is 0 Å². The summed E-state index contributed by atoms with van der Waals surface area (Å²) in [7, 11) is 0. The smallest absolute Gasteiger partial charge is 0.0316 e. The standard InChI is InChI=1S/C15H17BrN2/c16-15-7-2-1-5-13(15)11-18-9-8-12-4-3-6-14(17)10-12/h1-7,10,18H,8-9,11,17H2. The summed E-state index contributed by atoms with van der Waals surface area (Å²) >= 11 is 3.55. The topological polar surface area (TPSA) is 38.0 Å². The third-order valence-electron chi connectivity index (χ3n) is 2.81. The lowest BCUT2D eigenvalue weighted by Gasteiger charge is -2.07. The fourth-order valence-electron chi connectivity index (χ4n) is 1.85. The molecule has 0 fully saturated rings. The van der Waals surface area contributed by atoms with Gasteiger partial charge in [-0.15, -0.1) is 0 Å². The van der Waals surface area contributed by atoms with Crippen molar-refractivity contribution in [2.45, 2.75) is 13.0 Å². The van der Waals surface area contributed by atoms with Gasteiger partial charge in [0.2, 0.25) is 0 Å². The summed E-state index contributed by atoms with van der Waals surface area (Å²) in [6.45, 7) is 1.83. The normalized spacial score (nSPS) is 10.5. The summed E-state index contributed by atoms with van der Waals surface area (Å²) in [6, 6.07) is 16.3. The molecular formula is C15H17BrN2. The Kier molecular flexibility index (Phi) is 4.79. The molecule has 2 nitrogen and oxygen atoms in total. The Bertz CT molecular complexity index is 511. The molecule has 0 aromatic heterocycles. The van der Waals surface area contributed by atoms with E-state index in [0.717, 1.165) is 29.7 Å². The van der Waals surface area contributed by atoms with E-state index in [9.17, 15) is 0 Å². The summed E-state index contributed by atoms with van der Waals surface area (Å²) < 4.78 is 1.15. The number of anilines is 1. The number of nitrogens with two attached hydrogens (primary N) is 1. The summed E-state index contributed by atoms with van der Waals surface area (Å²) in [5.74, 6) is 0. The number of nitrogens with one attached hydrogen (secondary N) is 1. The van der Waals surface area contributed by atoms with E-state index in [1.807, 2.05) is 24.3 Å². The van der Waals surface area contributed by atoms with E-state index in [4.69, 9.17) is 5.73 Å². The van der Waals surface area contributed by atoms with E-state index in [2.05, 4.69) is 45.5 Å². The maximum Gasteiger partial charge on any atom is 0.0316 e.